The summed E-state index contributed by atoms with van der Waals surface area (Å²) in [4.78, 5) is 53.4. The average molecular weight is 473 g/mol. The normalized spacial score (nSPS) is 15.8. The van der Waals surface area contributed by atoms with Crippen molar-refractivity contribution in [2.24, 2.45) is 5.92 Å². The van der Waals surface area contributed by atoms with Crippen molar-refractivity contribution in [2.75, 3.05) is 35.2 Å². The minimum absolute atomic E-state index is 0.0601. The number of amides is 4. The summed E-state index contributed by atoms with van der Waals surface area (Å²) in [6.45, 7) is 0.904. The van der Waals surface area contributed by atoms with Crippen LogP contribution >= 0.6 is 0 Å². The van der Waals surface area contributed by atoms with E-state index in [1.54, 1.807) is 59.5 Å². The lowest BCUT2D eigenvalue weighted by atomic mass is 9.95. The van der Waals surface area contributed by atoms with Crippen molar-refractivity contribution >= 4 is 40.7 Å². The zero-order valence-electron chi connectivity index (χ0n) is 18.9. The van der Waals surface area contributed by atoms with E-state index >= 15 is 0 Å². The van der Waals surface area contributed by atoms with Gasteiger partial charge < -0.3 is 20.0 Å². The molecule has 3 aromatic rings. The molecule has 2 aliphatic heterocycles. The molecule has 3 heterocycles. The molecule has 2 aliphatic rings. The number of para-hydroxylation sites is 2. The van der Waals surface area contributed by atoms with Crippen molar-refractivity contribution in [3.63, 3.8) is 0 Å². The number of fused-ring (bicyclic) bond motifs is 1. The van der Waals surface area contributed by atoms with Crippen LogP contribution < -0.4 is 15.5 Å². The lowest BCUT2D eigenvalue weighted by Gasteiger charge is -2.30. The maximum Gasteiger partial charge on any atom is 0.289 e. The minimum Gasteiger partial charge on any atom is -0.459 e. The van der Waals surface area contributed by atoms with E-state index in [0.29, 0.717) is 54.3 Å². The number of hydrogen-bond donors (Lipinski definition) is 2. The van der Waals surface area contributed by atoms with Crippen molar-refractivity contribution < 1.29 is 23.6 Å². The zero-order chi connectivity index (χ0) is 24.4. The molecule has 0 aliphatic carbocycles. The smallest absolute Gasteiger partial charge is 0.289 e. The Morgan fingerprint density at radius 1 is 0.914 bits per heavy atom. The number of piperidine rings is 1. The third kappa shape index (κ3) is 4.65. The van der Waals surface area contributed by atoms with Gasteiger partial charge in [-0.3, -0.25) is 24.1 Å². The molecule has 1 saturated heterocycles. The van der Waals surface area contributed by atoms with Gasteiger partial charge in [0.15, 0.2) is 5.76 Å². The zero-order valence-corrected chi connectivity index (χ0v) is 18.9. The Bertz CT molecular complexity index is 1260. The Hall–Kier alpha value is -4.40. The van der Waals surface area contributed by atoms with Crippen LogP contribution in [-0.2, 0) is 9.59 Å². The fourth-order valence-electron chi connectivity index (χ4n) is 4.41. The van der Waals surface area contributed by atoms with Crippen LogP contribution in [0.2, 0.25) is 0 Å². The number of likely N-dealkylation sites (tertiary alicyclic amines) is 1. The number of rotatable bonds is 4. The van der Waals surface area contributed by atoms with Crippen LogP contribution in [0.5, 0.6) is 0 Å². The van der Waals surface area contributed by atoms with Gasteiger partial charge in [0.25, 0.3) is 11.8 Å². The number of carbonyl (C=O) groups excluding carboxylic acids is 4. The second kappa shape index (κ2) is 9.46. The number of nitrogens with zero attached hydrogens (tertiary/aromatic N) is 2. The summed E-state index contributed by atoms with van der Waals surface area (Å²) < 4.78 is 5.17. The number of anilines is 3. The highest BCUT2D eigenvalue weighted by Crippen LogP contribution is 2.30. The van der Waals surface area contributed by atoms with Gasteiger partial charge in [0.2, 0.25) is 11.8 Å². The van der Waals surface area contributed by atoms with E-state index in [1.165, 1.54) is 11.2 Å². The first-order valence-corrected chi connectivity index (χ1v) is 11.4. The van der Waals surface area contributed by atoms with Crippen molar-refractivity contribution in [3.8, 4) is 0 Å². The molecule has 1 aromatic heterocycles. The van der Waals surface area contributed by atoms with Crippen molar-refractivity contribution in [1.82, 2.24) is 4.90 Å². The summed E-state index contributed by atoms with van der Waals surface area (Å²) in [5.41, 5.74) is 2.24. The van der Waals surface area contributed by atoms with Crippen LogP contribution in [0.1, 0.15) is 33.8 Å². The summed E-state index contributed by atoms with van der Waals surface area (Å²) >= 11 is 0. The standard InChI is InChI=1S/C26H24N4O5/c31-23-16-30(21-5-2-1-4-20(21)28-23)25(33)18-7-9-19(10-8-18)27-24(32)17-11-13-29(14-12-17)26(34)22-6-3-15-35-22/h1-10,15,17H,11-14,16H2,(H,27,32)(H,28,31). The highest BCUT2D eigenvalue weighted by Gasteiger charge is 2.29. The molecule has 0 spiro atoms. The monoisotopic (exact) mass is 472 g/mol. The number of carbonyl (C=O) groups is 4. The van der Waals surface area contributed by atoms with Crippen LogP contribution in [0.4, 0.5) is 17.1 Å². The molecular weight excluding hydrogens is 448 g/mol. The third-order valence-corrected chi connectivity index (χ3v) is 6.30. The predicted molar refractivity (Wildman–Crippen MR) is 129 cm³/mol. The Kier molecular flexibility index (Phi) is 6.05. The molecule has 0 saturated carbocycles. The van der Waals surface area contributed by atoms with Crippen LogP contribution in [0.25, 0.3) is 0 Å². The van der Waals surface area contributed by atoms with Gasteiger partial charge in [-0.15, -0.1) is 0 Å². The second-order valence-corrected chi connectivity index (χ2v) is 8.57. The Labute approximate surface area is 201 Å². The number of nitrogens with one attached hydrogen (secondary N) is 2. The highest BCUT2D eigenvalue weighted by atomic mass is 16.3. The summed E-state index contributed by atoms with van der Waals surface area (Å²) in [5.74, 6) is -0.730. The summed E-state index contributed by atoms with van der Waals surface area (Å²) in [6.07, 6.45) is 2.59. The van der Waals surface area contributed by atoms with Gasteiger partial charge in [-0.2, -0.15) is 0 Å². The molecule has 0 radical (unpaired) electrons. The maximum atomic E-state index is 13.1. The molecule has 9 heteroatoms. The minimum atomic E-state index is -0.293. The predicted octanol–water partition coefficient (Wildman–Crippen LogP) is 3.37. The first-order chi connectivity index (χ1) is 17.0. The van der Waals surface area contributed by atoms with E-state index in [-0.39, 0.29) is 36.1 Å². The first kappa shape index (κ1) is 22.4. The lowest BCUT2D eigenvalue weighted by molar-refractivity contribution is -0.121. The largest absolute Gasteiger partial charge is 0.459 e. The molecule has 35 heavy (non-hydrogen) atoms. The van der Waals surface area contributed by atoms with E-state index in [0.717, 1.165) is 0 Å². The Balaban J connectivity index is 1.19. The van der Waals surface area contributed by atoms with Crippen molar-refractivity contribution in [2.45, 2.75) is 12.8 Å². The average Bonchev–Trinajstić information content (AvgIpc) is 3.43. The Morgan fingerprint density at radius 3 is 2.37 bits per heavy atom. The summed E-state index contributed by atoms with van der Waals surface area (Å²) in [6, 6.07) is 17.1. The number of furan rings is 1. The van der Waals surface area contributed by atoms with Crippen LogP contribution in [0.3, 0.4) is 0 Å². The van der Waals surface area contributed by atoms with E-state index in [2.05, 4.69) is 10.6 Å². The second-order valence-electron chi connectivity index (χ2n) is 8.57. The fraction of sp³-hybridized carbons (Fsp3) is 0.231. The van der Waals surface area contributed by atoms with E-state index in [4.69, 9.17) is 4.42 Å². The van der Waals surface area contributed by atoms with Crippen LogP contribution in [0.15, 0.2) is 71.3 Å². The molecule has 1 fully saturated rings. The highest BCUT2D eigenvalue weighted by molar-refractivity contribution is 6.15. The van der Waals surface area contributed by atoms with Gasteiger partial charge in [0, 0.05) is 30.3 Å². The van der Waals surface area contributed by atoms with Crippen molar-refractivity contribution in [1.29, 1.82) is 0 Å². The lowest BCUT2D eigenvalue weighted by Crippen LogP contribution is -2.42. The first-order valence-electron chi connectivity index (χ1n) is 11.4. The fourth-order valence-corrected chi connectivity index (χ4v) is 4.41. The number of benzene rings is 2. The molecule has 178 valence electrons. The van der Waals surface area contributed by atoms with Gasteiger partial charge in [0.1, 0.15) is 6.54 Å². The molecule has 2 N–H and O–H groups in total. The molecule has 9 nitrogen and oxygen atoms in total. The maximum absolute atomic E-state index is 13.1. The quantitative estimate of drug-likeness (QED) is 0.605. The van der Waals surface area contributed by atoms with Crippen LogP contribution in [0, 0.1) is 5.92 Å². The molecule has 5 rings (SSSR count). The Morgan fingerprint density at radius 2 is 1.66 bits per heavy atom. The van der Waals surface area contributed by atoms with E-state index in [9.17, 15) is 19.2 Å². The van der Waals surface area contributed by atoms with Gasteiger partial charge in [-0.1, -0.05) is 12.1 Å². The van der Waals surface area contributed by atoms with Gasteiger partial charge in [-0.25, -0.2) is 0 Å². The molecular formula is C26H24N4O5. The molecule has 0 unspecified atom stereocenters. The van der Waals surface area contributed by atoms with Gasteiger partial charge in [-0.05, 0) is 61.4 Å². The van der Waals surface area contributed by atoms with Crippen molar-refractivity contribution in [3.05, 3.63) is 78.3 Å². The molecule has 0 atom stereocenters. The molecule has 4 amide bonds. The molecule has 0 bridgehead atoms. The summed E-state index contributed by atoms with van der Waals surface area (Å²) in [7, 11) is 0. The topological polar surface area (TPSA) is 112 Å². The van der Waals surface area contributed by atoms with Gasteiger partial charge >= 0.3 is 0 Å². The van der Waals surface area contributed by atoms with Gasteiger partial charge in [0.05, 0.1) is 17.6 Å². The van der Waals surface area contributed by atoms with Crippen LogP contribution in [-0.4, -0.2) is 48.2 Å². The van der Waals surface area contributed by atoms with E-state index < -0.39 is 0 Å². The van der Waals surface area contributed by atoms with E-state index in [1.807, 2.05) is 6.07 Å². The third-order valence-electron chi connectivity index (χ3n) is 6.30. The summed E-state index contributed by atoms with van der Waals surface area (Å²) in [5, 5.41) is 5.67. The molecule has 2 aromatic carbocycles. The number of hydrogen-bond acceptors (Lipinski definition) is 5. The SMILES string of the molecule is O=C1CN(C(=O)c2ccc(NC(=O)C3CCN(C(=O)c4ccco4)CC3)cc2)c2ccccc2N1.